The molecule has 25 heavy (non-hydrogen) atoms. The van der Waals surface area contributed by atoms with E-state index in [2.05, 4.69) is 4.98 Å². The second-order valence-electron chi connectivity index (χ2n) is 6.41. The quantitative estimate of drug-likeness (QED) is 0.770. The van der Waals surface area contributed by atoms with Gasteiger partial charge in [-0.15, -0.1) is 0 Å². The molecule has 3 heterocycles. The largest absolute Gasteiger partial charge is 0.501 e. The Kier molecular flexibility index (Phi) is 5.37. The van der Waals surface area contributed by atoms with Crippen molar-refractivity contribution in [2.24, 2.45) is 7.05 Å². The highest BCUT2D eigenvalue weighted by atomic mass is 16.5. The smallest absolute Gasteiger partial charge is 0.293 e. The minimum Gasteiger partial charge on any atom is -0.501 e. The molecule has 1 fully saturated rings. The van der Waals surface area contributed by atoms with Crippen LogP contribution in [0.1, 0.15) is 12.8 Å². The molecule has 8 nitrogen and oxygen atoms in total. The van der Waals surface area contributed by atoms with Crippen LogP contribution in [0, 0.1) is 0 Å². The summed E-state index contributed by atoms with van der Waals surface area (Å²) in [5, 5.41) is 0. The van der Waals surface area contributed by atoms with Gasteiger partial charge < -0.3 is 23.8 Å². The van der Waals surface area contributed by atoms with Crippen molar-refractivity contribution in [3.05, 3.63) is 34.6 Å². The van der Waals surface area contributed by atoms with E-state index >= 15 is 0 Å². The highest BCUT2D eigenvalue weighted by molar-refractivity contribution is 5.93. The first kappa shape index (κ1) is 17.5. The molecule has 0 bridgehead atoms. The number of rotatable bonds is 4. The lowest BCUT2D eigenvalue weighted by atomic mass is 10.1. The number of anilines is 1. The van der Waals surface area contributed by atoms with Gasteiger partial charge in [-0.1, -0.05) is 0 Å². The van der Waals surface area contributed by atoms with E-state index in [1.165, 1.54) is 4.57 Å². The van der Waals surface area contributed by atoms with E-state index in [9.17, 15) is 9.59 Å². The highest BCUT2D eigenvalue weighted by Crippen LogP contribution is 2.17. The monoisotopic (exact) mass is 348 g/mol. The molecular weight excluding hydrogens is 324 g/mol. The topological polar surface area (TPSA) is 76.9 Å². The van der Waals surface area contributed by atoms with Gasteiger partial charge in [-0.2, -0.15) is 0 Å². The molecule has 1 atom stereocenters. The number of carbonyl (C=O) groups excluding carboxylic acids is 1. The van der Waals surface area contributed by atoms with Crippen LogP contribution in [0.4, 0.5) is 5.82 Å². The third-order valence-electron chi connectivity index (χ3n) is 4.47. The molecule has 0 unspecified atom stereocenters. The molecular formula is C17H24N4O4. The van der Waals surface area contributed by atoms with Gasteiger partial charge in [0.15, 0.2) is 5.82 Å². The Bertz CT molecular complexity index is 715. The fourth-order valence-electron chi connectivity index (χ4n) is 3.08. The first-order chi connectivity index (χ1) is 12.1. The molecule has 1 aromatic rings. The van der Waals surface area contributed by atoms with Crippen LogP contribution in [0.15, 0.2) is 29.0 Å². The minimum absolute atomic E-state index is 0.0180. The number of hydrogen-bond donors (Lipinski definition) is 0. The van der Waals surface area contributed by atoms with E-state index in [0.29, 0.717) is 38.7 Å². The molecule has 2 aliphatic rings. The molecule has 3 rings (SSSR count). The van der Waals surface area contributed by atoms with Crippen LogP contribution in [0.5, 0.6) is 0 Å². The molecule has 8 heteroatoms. The van der Waals surface area contributed by atoms with Crippen LogP contribution in [0.3, 0.4) is 0 Å². The number of ether oxygens (including phenoxy) is 2. The molecule has 0 aromatic carbocycles. The molecule has 1 amide bonds. The van der Waals surface area contributed by atoms with Crippen molar-refractivity contribution in [1.82, 2.24) is 14.5 Å². The van der Waals surface area contributed by atoms with Gasteiger partial charge >= 0.3 is 0 Å². The highest BCUT2D eigenvalue weighted by Gasteiger charge is 2.28. The summed E-state index contributed by atoms with van der Waals surface area (Å²) in [6.45, 7) is 2.71. The van der Waals surface area contributed by atoms with Crippen LogP contribution >= 0.6 is 0 Å². The lowest BCUT2D eigenvalue weighted by Crippen LogP contribution is -2.50. The summed E-state index contributed by atoms with van der Waals surface area (Å²) in [5.41, 5.74) is 0.567. The Morgan fingerprint density at radius 3 is 3.04 bits per heavy atom. The maximum atomic E-state index is 12.6. The van der Waals surface area contributed by atoms with Crippen LogP contribution in [-0.2, 0) is 21.3 Å². The Labute approximate surface area is 146 Å². The number of amides is 1. The van der Waals surface area contributed by atoms with E-state index in [1.807, 2.05) is 7.05 Å². The number of morpholine rings is 1. The zero-order valence-electron chi connectivity index (χ0n) is 14.7. The molecule has 0 spiro atoms. The number of aromatic nitrogens is 2. The second kappa shape index (κ2) is 7.69. The molecule has 0 radical (unpaired) electrons. The molecule has 2 aliphatic heterocycles. The van der Waals surface area contributed by atoms with E-state index in [-0.39, 0.29) is 17.6 Å². The number of likely N-dealkylation sites (N-methyl/N-ethyl adjacent to an activating group) is 1. The minimum atomic E-state index is -0.167. The number of carbonyl (C=O) groups is 1. The summed E-state index contributed by atoms with van der Waals surface area (Å²) in [4.78, 5) is 32.5. The first-order valence-corrected chi connectivity index (χ1v) is 8.50. The molecule has 0 saturated carbocycles. The van der Waals surface area contributed by atoms with Crippen LogP contribution in [0.2, 0.25) is 0 Å². The Morgan fingerprint density at radius 1 is 1.44 bits per heavy atom. The van der Waals surface area contributed by atoms with E-state index < -0.39 is 0 Å². The fourth-order valence-corrected chi connectivity index (χ4v) is 3.08. The van der Waals surface area contributed by atoms with Crippen molar-refractivity contribution in [2.75, 3.05) is 44.8 Å². The zero-order chi connectivity index (χ0) is 17.8. The third kappa shape index (κ3) is 4.01. The lowest BCUT2D eigenvalue weighted by molar-refractivity contribution is -0.134. The molecule has 1 saturated heterocycles. The summed E-state index contributed by atoms with van der Waals surface area (Å²) < 4.78 is 12.6. The van der Waals surface area contributed by atoms with Crippen molar-refractivity contribution in [3.63, 3.8) is 0 Å². The van der Waals surface area contributed by atoms with Gasteiger partial charge in [-0.3, -0.25) is 9.59 Å². The fraction of sp³-hybridized carbons (Fsp3) is 0.588. The van der Waals surface area contributed by atoms with Gasteiger partial charge in [0, 0.05) is 46.1 Å². The van der Waals surface area contributed by atoms with Gasteiger partial charge in [0.1, 0.15) is 0 Å². The predicted molar refractivity (Wildman–Crippen MR) is 92.3 cm³/mol. The molecule has 136 valence electrons. The van der Waals surface area contributed by atoms with Crippen LogP contribution < -0.4 is 10.5 Å². The van der Waals surface area contributed by atoms with Gasteiger partial charge in [0.25, 0.3) is 11.5 Å². The van der Waals surface area contributed by atoms with E-state index in [0.717, 1.165) is 18.4 Å². The van der Waals surface area contributed by atoms with Crippen molar-refractivity contribution >= 4 is 11.7 Å². The summed E-state index contributed by atoms with van der Waals surface area (Å²) >= 11 is 0. The Hall–Kier alpha value is -2.35. The Balaban J connectivity index is 1.63. The van der Waals surface area contributed by atoms with Crippen molar-refractivity contribution in [3.8, 4) is 0 Å². The molecule has 1 aromatic heterocycles. The van der Waals surface area contributed by atoms with Gasteiger partial charge in [-0.25, -0.2) is 4.98 Å². The third-order valence-corrected chi connectivity index (χ3v) is 4.47. The number of aryl methyl sites for hydroxylation is 1. The normalized spacial score (nSPS) is 20.6. The van der Waals surface area contributed by atoms with Gasteiger partial charge in [0.2, 0.25) is 0 Å². The zero-order valence-corrected chi connectivity index (χ0v) is 14.7. The van der Waals surface area contributed by atoms with E-state index in [1.54, 1.807) is 35.5 Å². The van der Waals surface area contributed by atoms with Crippen molar-refractivity contribution < 1.29 is 14.3 Å². The molecule has 0 N–H and O–H groups in total. The SMILES string of the molecule is CN(C[C@H]1CN(C(=O)C2=COCCC2)CCO1)c1nccn(C)c1=O. The lowest BCUT2D eigenvalue weighted by Gasteiger charge is -2.35. The number of hydrogen-bond acceptors (Lipinski definition) is 6. The van der Waals surface area contributed by atoms with Gasteiger partial charge in [0.05, 0.1) is 31.2 Å². The first-order valence-electron chi connectivity index (χ1n) is 8.50. The van der Waals surface area contributed by atoms with Crippen LogP contribution in [0.25, 0.3) is 0 Å². The number of nitrogens with zero attached hydrogens (tertiary/aromatic N) is 4. The average molecular weight is 348 g/mol. The summed E-state index contributed by atoms with van der Waals surface area (Å²) in [5.74, 6) is 0.393. The maximum absolute atomic E-state index is 12.6. The Morgan fingerprint density at radius 2 is 2.28 bits per heavy atom. The van der Waals surface area contributed by atoms with E-state index in [4.69, 9.17) is 9.47 Å². The van der Waals surface area contributed by atoms with Gasteiger partial charge in [-0.05, 0) is 12.8 Å². The van der Waals surface area contributed by atoms with Crippen molar-refractivity contribution in [2.45, 2.75) is 18.9 Å². The average Bonchev–Trinajstić information content (AvgIpc) is 2.64. The van der Waals surface area contributed by atoms with Crippen molar-refractivity contribution in [1.29, 1.82) is 0 Å². The van der Waals surface area contributed by atoms with Crippen LogP contribution in [-0.4, -0.2) is 66.4 Å². The maximum Gasteiger partial charge on any atom is 0.293 e. The standard InChI is InChI=1S/C17H24N4O4/c1-19-6-5-18-15(17(19)23)20(2)10-14-11-21(7-9-25-14)16(22)13-4-3-8-24-12-13/h5-6,12,14H,3-4,7-11H2,1-2H3/t14-/m0/s1. The summed E-state index contributed by atoms with van der Waals surface area (Å²) in [6, 6.07) is 0. The molecule has 0 aliphatic carbocycles. The second-order valence-corrected chi connectivity index (χ2v) is 6.41. The predicted octanol–water partition coefficient (Wildman–Crippen LogP) is 0.138. The summed E-state index contributed by atoms with van der Waals surface area (Å²) in [7, 11) is 3.50. The summed E-state index contributed by atoms with van der Waals surface area (Å²) in [6.07, 6.45) is 6.26.